The molecule has 0 unspecified atom stereocenters. The molecule has 128 valence electrons. The summed E-state index contributed by atoms with van der Waals surface area (Å²) in [6, 6.07) is 8.56. The van der Waals surface area contributed by atoms with Crippen LogP contribution in [0.1, 0.15) is 27.9 Å². The second-order valence-electron chi connectivity index (χ2n) is 6.18. The highest BCUT2D eigenvalue weighted by Gasteiger charge is 2.30. The largest absolute Gasteiger partial charge is 0.473 e. The zero-order valence-electron chi connectivity index (χ0n) is 14.6. The van der Waals surface area contributed by atoms with Crippen molar-refractivity contribution in [2.75, 3.05) is 31.6 Å². The lowest BCUT2D eigenvalue weighted by atomic mass is 10.1. The zero-order chi connectivity index (χ0) is 17.3. The molecule has 1 atom stereocenters. The number of rotatable bonds is 3. The Balaban J connectivity index is 1.75. The van der Waals surface area contributed by atoms with Crippen molar-refractivity contribution in [3.63, 3.8) is 0 Å². The van der Waals surface area contributed by atoms with E-state index in [9.17, 15) is 4.79 Å². The Morgan fingerprint density at radius 3 is 2.67 bits per heavy atom. The van der Waals surface area contributed by atoms with E-state index in [4.69, 9.17) is 4.74 Å². The average molecular weight is 345 g/mol. The van der Waals surface area contributed by atoms with Crippen LogP contribution >= 0.6 is 11.3 Å². The molecular weight excluding hydrogens is 322 g/mol. The summed E-state index contributed by atoms with van der Waals surface area (Å²) in [4.78, 5) is 22.2. The van der Waals surface area contributed by atoms with Gasteiger partial charge in [-0.2, -0.15) is 0 Å². The smallest absolute Gasteiger partial charge is 0.273 e. The first-order valence-corrected chi connectivity index (χ1v) is 8.96. The molecule has 1 amide bonds. The van der Waals surface area contributed by atoms with Crippen LogP contribution in [0.25, 0.3) is 0 Å². The zero-order valence-corrected chi connectivity index (χ0v) is 15.4. The van der Waals surface area contributed by atoms with Crippen molar-refractivity contribution in [1.29, 1.82) is 0 Å². The molecule has 0 radical (unpaired) electrons. The third-order valence-electron chi connectivity index (χ3n) is 4.49. The second kappa shape index (κ2) is 6.81. The summed E-state index contributed by atoms with van der Waals surface area (Å²) in [5.74, 6) is 0.0604. The number of ether oxygens (including phenoxy) is 1. The lowest BCUT2D eigenvalue weighted by Gasteiger charge is -2.41. The molecule has 6 heteroatoms. The number of carbonyl (C=O) groups excluding carboxylic acids is 1. The number of thiazole rings is 1. The first-order valence-electron chi connectivity index (χ1n) is 8.14. The van der Waals surface area contributed by atoms with E-state index in [-0.39, 0.29) is 11.9 Å². The molecule has 0 N–H and O–H groups in total. The molecule has 3 rings (SSSR count). The number of hydrogen-bond acceptors (Lipinski definition) is 5. The first-order chi connectivity index (χ1) is 11.5. The van der Waals surface area contributed by atoms with E-state index < -0.39 is 0 Å². The SMILES string of the molecule is COc1nc(C)c(C(=O)N2CCN(c3ccccc3C)C[C@@H]2C)s1. The van der Waals surface area contributed by atoms with Gasteiger partial charge in [0.05, 0.1) is 12.8 Å². The number of amides is 1. The van der Waals surface area contributed by atoms with Crippen LogP contribution in [-0.4, -0.2) is 48.6 Å². The standard InChI is InChI=1S/C18H23N3O2S/c1-12-7-5-6-8-15(12)20-9-10-21(13(2)11-20)17(22)16-14(3)19-18(23-4)24-16/h5-8,13H,9-11H2,1-4H3/t13-/m0/s1. The maximum atomic E-state index is 12.9. The molecule has 0 spiro atoms. The molecule has 1 aliphatic heterocycles. The minimum absolute atomic E-state index is 0.0604. The van der Waals surface area contributed by atoms with Crippen molar-refractivity contribution in [2.45, 2.75) is 26.8 Å². The van der Waals surface area contributed by atoms with Gasteiger partial charge in [-0.25, -0.2) is 4.98 Å². The van der Waals surface area contributed by atoms with Gasteiger partial charge in [0, 0.05) is 31.4 Å². The summed E-state index contributed by atoms with van der Waals surface area (Å²) < 4.78 is 5.16. The Kier molecular flexibility index (Phi) is 4.76. The number of para-hydroxylation sites is 1. The summed E-state index contributed by atoms with van der Waals surface area (Å²) in [7, 11) is 1.58. The molecule has 5 nitrogen and oxygen atoms in total. The van der Waals surface area contributed by atoms with E-state index in [1.54, 1.807) is 7.11 Å². The van der Waals surface area contributed by atoms with Crippen LogP contribution in [0.5, 0.6) is 5.19 Å². The second-order valence-corrected chi connectivity index (χ2v) is 7.14. The van der Waals surface area contributed by atoms with Crippen molar-refractivity contribution >= 4 is 22.9 Å². The maximum Gasteiger partial charge on any atom is 0.273 e. The van der Waals surface area contributed by atoms with Gasteiger partial charge in [0.2, 0.25) is 0 Å². The average Bonchev–Trinajstić information content (AvgIpc) is 2.95. The quantitative estimate of drug-likeness (QED) is 0.857. The van der Waals surface area contributed by atoms with Crippen molar-refractivity contribution in [3.8, 4) is 5.19 Å². The number of methoxy groups -OCH3 is 1. The number of aryl methyl sites for hydroxylation is 2. The van der Waals surface area contributed by atoms with Crippen LogP contribution in [0, 0.1) is 13.8 Å². The van der Waals surface area contributed by atoms with Crippen LogP contribution in [0.3, 0.4) is 0 Å². The predicted octanol–water partition coefficient (Wildman–Crippen LogP) is 3.12. The molecule has 0 saturated carbocycles. The Hall–Kier alpha value is -2.08. The van der Waals surface area contributed by atoms with Gasteiger partial charge in [-0.3, -0.25) is 4.79 Å². The minimum atomic E-state index is 0.0604. The molecule has 2 aromatic rings. The van der Waals surface area contributed by atoms with E-state index in [0.29, 0.717) is 16.6 Å². The van der Waals surface area contributed by atoms with Crippen LogP contribution in [0.4, 0.5) is 5.69 Å². The topological polar surface area (TPSA) is 45.7 Å². The Morgan fingerprint density at radius 1 is 1.29 bits per heavy atom. The molecule has 1 aromatic heterocycles. The summed E-state index contributed by atoms with van der Waals surface area (Å²) in [5.41, 5.74) is 3.27. The van der Waals surface area contributed by atoms with Crippen LogP contribution in [-0.2, 0) is 0 Å². The highest BCUT2D eigenvalue weighted by Crippen LogP contribution is 2.28. The Morgan fingerprint density at radius 2 is 2.04 bits per heavy atom. The van der Waals surface area contributed by atoms with Crippen molar-refractivity contribution in [2.24, 2.45) is 0 Å². The Labute approximate surface area is 146 Å². The molecule has 24 heavy (non-hydrogen) atoms. The molecule has 1 aliphatic rings. The van der Waals surface area contributed by atoms with Gasteiger partial charge in [0.25, 0.3) is 11.1 Å². The number of benzene rings is 1. The van der Waals surface area contributed by atoms with Gasteiger partial charge in [-0.1, -0.05) is 29.5 Å². The fourth-order valence-electron chi connectivity index (χ4n) is 3.18. The lowest BCUT2D eigenvalue weighted by molar-refractivity contribution is 0.0678. The van der Waals surface area contributed by atoms with Gasteiger partial charge < -0.3 is 14.5 Å². The molecule has 1 aromatic carbocycles. The summed E-state index contributed by atoms with van der Waals surface area (Å²) in [6.45, 7) is 8.50. The van der Waals surface area contributed by atoms with Crippen LogP contribution < -0.4 is 9.64 Å². The fourth-order valence-corrected chi connectivity index (χ4v) is 4.02. The predicted molar refractivity (Wildman–Crippen MR) is 97.3 cm³/mol. The number of nitrogens with zero attached hydrogens (tertiary/aromatic N) is 3. The van der Waals surface area contributed by atoms with Gasteiger partial charge in [-0.15, -0.1) is 0 Å². The van der Waals surface area contributed by atoms with Crippen molar-refractivity contribution in [1.82, 2.24) is 9.88 Å². The van der Waals surface area contributed by atoms with Crippen molar-refractivity contribution in [3.05, 3.63) is 40.4 Å². The van der Waals surface area contributed by atoms with Gasteiger partial charge in [0.1, 0.15) is 4.88 Å². The first kappa shape index (κ1) is 16.8. The summed E-state index contributed by atoms with van der Waals surface area (Å²) in [5, 5.41) is 0.544. The van der Waals surface area contributed by atoms with Crippen LogP contribution in [0.2, 0.25) is 0 Å². The van der Waals surface area contributed by atoms with E-state index >= 15 is 0 Å². The number of hydrogen-bond donors (Lipinski definition) is 0. The van der Waals surface area contributed by atoms with E-state index in [1.165, 1.54) is 22.6 Å². The molecule has 0 bridgehead atoms. The Bertz CT molecular complexity index is 744. The van der Waals surface area contributed by atoms with Gasteiger partial charge in [0.15, 0.2) is 0 Å². The monoisotopic (exact) mass is 345 g/mol. The number of anilines is 1. The number of aromatic nitrogens is 1. The normalized spacial score (nSPS) is 17.9. The maximum absolute atomic E-state index is 12.9. The van der Waals surface area contributed by atoms with E-state index in [2.05, 4.69) is 48.0 Å². The molecular formula is C18H23N3O2S. The van der Waals surface area contributed by atoms with Crippen LogP contribution in [0.15, 0.2) is 24.3 Å². The number of piperazine rings is 1. The van der Waals surface area contributed by atoms with Gasteiger partial charge in [-0.05, 0) is 32.4 Å². The third kappa shape index (κ3) is 3.11. The number of carbonyl (C=O) groups is 1. The highest BCUT2D eigenvalue weighted by molar-refractivity contribution is 7.15. The molecule has 0 aliphatic carbocycles. The third-order valence-corrected chi connectivity index (χ3v) is 5.60. The van der Waals surface area contributed by atoms with E-state index in [1.807, 2.05) is 11.8 Å². The molecule has 1 fully saturated rings. The molecule has 1 saturated heterocycles. The lowest BCUT2D eigenvalue weighted by Crippen LogP contribution is -2.54. The summed E-state index contributed by atoms with van der Waals surface area (Å²) in [6.07, 6.45) is 0. The van der Waals surface area contributed by atoms with Gasteiger partial charge >= 0.3 is 0 Å². The molecule has 2 heterocycles. The van der Waals surface area contributed by atoms with E-state index in [0.717, 1.165) is 18.8 Å². The summed E-state index contributed by atoms with van der Waals surface area (Å²) >= 11 is 1.32. The fraction of sp³-hybridized carbons (Fsp3) is 0.444. The van der Waals surface area contributed by atoms with Crippen molar-refractivity contribution < 1.29 is 9.53 Å². The minimum Gasteiger partial charge on any atom is -0.473 e. The highest BCUT2D eigenvalue weighted by atomic mass is 32.1.